The summed E-state index contributed by atoms with van der Waals surface area (Å²) in [6.07, 6.45) is 5.95. The van der Waals surface area contributed by atoms with Crippen molar-refractivity contribution in [2.45, 2.75) is 50.7 Å². The summed E-state index contributed by atoms with van der Waals surface area (Å²) in [7, 11) is 0. The molecule has 0 radical (unpaired) electrons. The van der Waals surface area contributed by atoms with E-state index in [1.165, 1.54) is 0 Å². The van der Waals surface area contributed by atoms with Crippen LogP contribution >= 0.6 is 0 Å². The van der Waals surface area contributed by atoms with Gasteiger partial charge in [-0.2, -0.15) is 0 Å². The van der Waals surface area contributed by atoms with Gasteiger partial charge in [0.1, 0.15) is 5.82 Å². The van der Waals surface area contributed by atoms with Crippen molar-refractivity contribution in [3.05, 3.63) is 24.2 Å². The van der Waals surface area contributed by atoms with E-state index in [0.717, 1.165) is 37.0 Å². The number of hydrogen-bond acceptors (Lipinski definition) is 4. The van der Waals surface area contributed by atoms with Crippen LogP contribution in [0.3, 0.4) is 0 Å². The molecule has 0 aliphatic heterocycles. The van der Waals surface area contributed by atoms with Crippen LogP contribution in [0.25, 0.3) is 11.2 Å². The Morgan fingerprint density at radius 2 is 2.29 bits per heavy atom. The first-order valence-electron chi connectivity index (χ1n) is 7.49. The van der Waals surface area contributed by atoms with E-state index >= 15 is 0 Å². The second-order valence-electron chi connectivity index (χ2n) is 5.58. The molecule has 0 saturated heterocycles. The number of nitrogens with one attached hydrogen (secondary N) is 2. The van der Waals surface area contributed by atoms with Crippen LogP contribution in [0.1, 0.15) is 37.9 Å². The molecule has 112 valence electrons. The van der Waals surface area contributed by atoms with E-state index in [1.807, 2.05) is 12.1 Å². The number of carbonyl (C=O) groups is 1. The number of aryl methyl sites for hydroxylation is 1. The van der Waals surface area contributed by atoms with Crippen LogP contribution in [-0.2, 0) is 11.2 Å². The predicted octanol–water partition coefficient (Wildman–Crippen LogP) is 1.31. The minimum Gasteiger partial charge on any atom is -0.391 e. The van der Waals surface area contributed by atoms with E-state index in [0.29, 0.717) is 18.5 Å². The van der Waals surface area contributed by atoms with Crippen LogP contribution in [0.15, 0.2) is 18.3 Å². The zero-order valence-corrected chi connectivity index (χ0v) is 11.9. The molecule has 2 atom stereocenters. The van der Waals surface area contributed by atoms with Gasteiger partial charge in [0.2, 0.25) is 5.91 Å². The smallest absolute Gasteiger partial charge is 0.220 e. The topological polar surface area (TPSA) is 90.9 Å². The van der Waals surface area contributed by atoms with Gasteiger partial charge in [-0.15, -0.1) is 0 Å². The summed E-state index contributed by atoms with van der Waals surface area (Å²) in [5, 5.41) is 12.8. The number of fused-ring (bicyclic) bond motifs is 1. The number of aliphatic hydroxyl groups excluding tert-OH is 1. The van der Waals surface area contributed by atoms with Gasteiger partial charge in [-0.25, -0.2) is 9.97 Å². The lowest BCUT2D eigenvalue weighted by atomic mass is 9.92. The first kappa shape index (κ1) is 14.0. The standard InChI is InChI=1S/C15H20N4O2/c20-12-6-2-1-4-10(12)18-14(21)8-7-13-17-11-5-3-9-16-15(11)19-13/h3,5,9-10,12,20H,1-2,4,6-8H2,(H,18,21)(H,16,17,19). The third kappa shape index (κ3) is 3.39. The van der Waals surface area contributed by atoms with Gasteiger partial charge in [-0.1, -0.05) is 12.8 Å². The minimum absolute atomic E-state index is 0.0330. The highest BCUT2D eigenvalue weighted by Gasteiger charge is 2.24. The number of rotatable bonds is 4. The molecule has 1 aliphatic carbocycles. The number of carbonyl (C=O) groups excluding carboxylic acids is 1. The maximum absolute atomic E-state index is 12.0. The molecule has 0 aromatic carbocycles. The third-order valence-electron chi connectivity index (χ3n) is 3.97. The SMILES string of the molecule is O=C(CCc1nc2ncccc2[nH]1)NC1CCCCC1O. The van der Waals surface area contributed by atoms with Gasteiger partial charge in [0.05, 0.1) is 17.7 Å². The highest BCUT2D eigenvalue weighted by molar-refractivity contribution is 5.76. The number of aliphatic hydroxyl groups is 1. The Balaban J connectivity index is 1.53. The molecule has 3 N–H and O–H groups in total. The lowest BCUT2D eigenvalue weighted by Gasteiger charge is -2.28. The quantitative estimate of drug-likeness (QED) is 0.791. The van der Waals surface area contributed by atoms with Gasteiger partial charge >= 0.3 is 0 Å². The van der Waals surface area contributed by atoms with E-state index in [4.69, 9.17) is 0 Å². The summed E-state index contributed by atoms with van der Waals surface area (Å²) < 4.78 is 0. The van der Waals surface area contributed by atoms with E-state index in [1.54, 1.807) is 6.20 Å². The van der Waals surface area contributed by atoms with Crippen LogP contribution in [0.4, 0.5) is 0 Å². The lowest BCUT2D eigenvalue weighted by Crippen LogP contribution is -2.45. The molecular formula is C15H20N4O2. The summed E-state index contributed by atoms with van der Waals surface area (Å²) >= 11 is 0. The van der Waals surface area contributed by atoms with Gasteiger partial charge in [0, 0.05) is 19.0 Å². The number of H-pyrrole nitrogens is 1. The molecule has 3 rings (SSSR count). The van der Waals surface area contributed by atoms with Gasteiger partial charge in [0.25, 0.3) is 0 Å². The maximum Gasteiger partial charge on any atom is 0.220 e. The Bertz CT molecular complexity index is 592. The van der Waals surface area contributed by atoms with Crippen LogP contribution in [0, 0.1) is 0 Å². The van der Waals surface area contributed by atoms with Crippen LogP contribution in [0.5, 0.6) is 0 Å². The molecule has 21 heavy (non-hydrogen) atoms. The van der Waals surface area contributed by atoms with E-state index in [2.05, 4.69) is 20.3 Å². The monoisotopic (exact) mass is 288 g/mol. The highest BCUT2D eigenvalue weighted by atomic mass is 16.3. The second kappa shape index (κ2) is 6.22. The third-order valence-corrected chi connectivity index (χ3v) is 3.97. The van der Waals surface area contributed by atoms with Crippen molar-refractivity contribution in [3.8, 4) is 0 Å². The first-order chi connectivity index (χ1) is 10.2. The molecule has 1 fully saturated rings. The molecular weight excluding hydrogens is 268 g/mol. The van der Waals surface area contributed by atoms with Gasteiger partial charge in [-0.3, -0.25) is 4.79 Å². The fraction of sp³-hybridized carbons (Fsp3) is 0.533. The molecule has 6 nitrogen and oxygen atoms in total. The number of nitrogens with zero attached hydrogens (tertiary/aromatic N) is 2. The number of pyridine rings is 1. The number of imidazole rings is 1. The Hall–Kier alpha value is -1.95. The van der Waals surface area contributed by atoms with Crippen molar-refractivity contribution in [2.24, 2.45) is 0 Å². The van der Waals surface area contributed by atoms with Crippen molar-refractivity contribution in [1.29, 1.82) is 0 Å². The normalized spacial score (nSPS) is 22.3. The van der Waals surface area contributed by atoms with Crippen LogP contribution < -0.4 is 5.32 Å². The Kier molecular flexibility index (Phi) is 4.15. The minimum atomic E-state index is -0.405. The average Bonchev–Trinajstić information content (AvgIpc) is 2.90. The Morgan fingerprint density at radius 1 is 1.43 bits per heavy atom. The Labute approximate surface area is 123 Å². The fourth-order valence-corrected chi connectivity index (χ4v) is 2.80. The first-order valence-corrected chi connectivity index (χ1v) is 7.49. The van der Waals surface area contributed by atoms with Crippen LogP contribution in [-0.4, -0.2) is 38.1 Å². The summed E-state index contributed by atoms with van der Waals surface area (Å²) in [5.74, 6) is 0.734. The lowest BCUT2D eigenvalue weighted by molar-refractivity contribution is -0.123. The van der Waals surface area contributed by atoms with E-state index in [9.17, 15) is 9.90 Å². The van der Waals surface area contributed by atoms with Gasteiger partial charge in [-0.05, 0) is 25.0 Å². The fourth-order valence-electron chi connectivity index (χ4n) is 2.80. The van der Waals surface area contributed by atoms with Gasteiger partial charge in [0.15, 0.2) is 5.65 Å². The largest absolute Gasteiger partial charge is 0.391 e. The molecule has 2 aromatic rings. The molecule has 0 spiro atoms. The molecule has 2 heterocycles. The molecule has 1 amide bonds. The van der Waals surface area contributed by atoms with Crippen LogP contribution in [0.2, 0.25) is 0 Å². The highest BCUT2D eigenvalue weighted by Crippen LogP contribution is 2.18. The number of aromatic amines is 1. The molecule has 1 aliphatic rings. The summed E-state index contributed by atoms with van der Waals surface area (Å²) in [6.45, 7) is 0. The zero-order chi connectivity index (χ0) is 14.7. The molecule has 2 aromatic heterocycles. The zero-order valence-electron chi connectivity index (χ0n) is 11.9. The van der Waals surface area contributed by atoms with Gasteiger partial charge < -0.3 is 15.4 Å². The maximum atomic E-state index is 12.0. The summed E-state index contributed by atoms with van der Waals surface area (Å²) in [4.78, 5) is 23.6. The average molecular weight is 288 g/mol. The summed E-state index contributed by atoms with van der Waals surface area (Å²) in [6, 6.07) is 3.67. The second-order valence-corrected chi connectivity index (χ2v) is 5.58. The van der Waals surface area contributed by atoms with Crippen molar-refractivity contribution >= 4 is 17.1 Å². The molecule has 6 heteroatoms. The van der Waals surface area contributed by atoms with Crippen molar-refractivity contribution < 1.29 is 9.90 Å². The van der Waals surface area contributed by atoms with E-state index < -0.39 is 6.10 Å². The van der Waals surface area contributed by atoms with Crippen molar-refractivity contribution in [2.75, 3.05) is 0 Å². The number of aromatic nitrogens is 3. The predicted molar refractivity (Wildman–Crippen MR) is 78.6 cm³/mol. The summed E-state index contributed by atoms with van der Waals surface area (Å²) in [5.41, 5.74) is 1.56. The van der Waals surface area contributed by atoms with Crippen molar-refractivity contribution in [1.82, 2.24) is 20.3 Å². The van der Waals surface area contributed by atoms with Crippen molar-refractivity contribution in [3.63, 3.8) is 0 Å². The number of amides is 1. The molecule has 1 saturated carbocycles. The molecule has 2 unspecified atom stereocenters. The number of hydrogen-bond donors (Lipinski definition) is 3. The van der Waals surface area contributed by atoms with E-state index in [-0.39, 0.29) is 11.9 Å². The Morgan fingerprint density at radius 3 is 3.10 bits per heavy atom. The molecule has 0 bridgehead atoms.